The maximum absolute atomic E-state index is 12.3. The molecule has 0 saturated heterocycles. The van der Waals surface area contributed by atoms with E-state index in [1.165, 1.54) is 0 Å². The van der Waals surface area contributed by atoms with Gasteiger partial charge in [-0.3, -0.25) is 19.4 Å². The Balaban J connectivity index is 1.67. The molecule has 2 aromatic heterocycles. The molecule has 6 nitrogen and oxygen atoms in total. The van der Waals surface area contributed by atoms with Crippen molar-refractivity contribution >= 4 is 18.1 Å². The monoisotopic (exact) mass is 367 g/mol. The van der Waals surface area contributed by atoms with Crippen LogP contribution in [-0.4, -0.2) is 25.7 Å². The predicted molar refractivity (Wildman–Crippen MR) is 103 cm³/mol. The van der Waals surface area contributed by atoms with E-state index in [2.05, 4.69) is 20.5 Å². The van der Waals surface area contributed by atoms with Gasteiger partial charge < -0.3 is 5.32 Å². The first kappa shape index (κ1) is 18.0. The lowest BCUT2D eigenvalue weighted by molar-refractivity contribution is -0.121. The SMILES string of the molecule is Cc1cccc(-c2n[nH]c(=S)n2CCC(=O)NC(C)c2cccnc2)c1. The lowest BCUT2D eigenvalue weighted by Crippen LogP contribution is -2.27. The van der Waals surface area contributed by atoms with Gasteiger partial charge in [0, 0.05) is 30.9 Å². The van der Waals surface area contributed by atoms with Gasteiger partial charge >= 0.3 is 0 Å². The summed E-state index contributed by atoms with van der Waals surface area (Å²) in [5.41, 5.74) is 3.09. The van der Waals surface area contributed by atoms with E-state index in [4.69, 9.17) is 12.2 Å². The Labute approximate surface area is 157 Å². The summed E-state index contributed by atoms with van der Waals surface area (Å²) in [6.45, 7) is 4.43. The molecular weight excluding hydrogens is 346 g/mol. The molecule has 0 aliphatic heterocycles. The molecule has 1 amide bonds. The van der Waals surface area contributed by atoms with Gasteiger partial charge in [-0.05, 0) is 43.8 Å². The Bertz CT molecular complexity index is 948. The summed E-state index contributed by atoms with van der Waals surface area (Å²) in [4.78, 5) is 16.4. The smallest absolute Gasteiger partial charge is 0.222 e. The van der Waals surface area contributed by atoms with E-state index in [9.17, 15) is 4.79 Å². The van der Waals surface area contributed by atoms with E-state index in [0.717, 1.165) is 22.5 Å². The van der Waals surface area contributed by atoms with Crippen LogP contribution in [0.2, 0.25) is 0 Å². The van der Waals surface area contributed by atoms with Crippen LogP contribution in [0.1, 0.15) is 30.5 Å². The van der Waals surface area contributed by atoms with Crippen molar-refractivity contribution in [1.29, 1.82) is 0 Å². The third kappa shape index (κ3) is 4.23. The standard InChI is InChI=1S/C19H21N5OS/c1-13-5-3-6-15(11-13)18-22-23-19(26)24(18)10-8-17(25)21-14(2)16-7-4-9-20-12-16/h3-7,9,11-12,14H,8,10H2,1-2H3,(H,21,25)(H,23,26). The molecule has 1 aromatic carbocycles. The van der Waals surface area contributed by atoms with Crippen molar-refractivity contribution in [1.82, 2.24) is 25.1 Å². The minimum atomic E-state index is -0.0928. The van der Waals surface area contributed by atoms with E-state index >= 15 is 0 Å². The van der Waals surface area contributed by atoms with Crippen molar-refractivity contribution in [3.05, 3.63) is 64.7 Å². The minimum absolute atomic E-state index is 0.0420. The second kappa shape index (κ2) is 8.05. The van der Waals surface area contributed by atoms with Gasteiger partial charge in [0.25, 0.3) is 0 Å². The molecule has 7 heteroatoms. The Hall–Kier alpha value is -2.80. The van der Waals surface area contributed by atoms with Crippen LogP contribution < -0.4 is 5.32 Å². The molecule has 0 aliphatic carbocycles. The van der Waals surface area contributed by atoms with E-state index < -0.39 is 0 Å². The van der Waals surface area contributed by atoms with E-state index in [1.807, 2.05) is 54.8 Å². The van der Waals surface area contributed by atoms with Crippen LogP contribution in [0.4, 0.5) is 0 Å². The van der Waals surface area contributed by atoms with Crippen molar-refractivity contribution in [3.63, 3.8) is 0 Å². The second-order valence-corrected chi connectivity index (χ2v) is 6.59. The fourth-order valence-electron chi connectivity index (χ4n) is 2.77. The number of aromatic nitrogens is 4. The van der Waals surface area contributed by atoms with Crippen molar-refractivity contribution in [2.45, 2.75) is 32.9 Å². The molecule has 0 aliphatic rings. The number of carbonyl (C=O) groups excluding carboxylic acids is 1. The highest BCUT2D eigenvalue weighted by molar-refractivity contribution is 7.71. The molecule has 26 heavy (non-hydrogen) atoms. The number of pyridine rings is 1. The summed E-state index contributed by atoms with van der Waals surface area (Å²) in [7, 11) is 0. The van der Waals surface area contributed by atoms with Crippen molar-refractivity contribution in [2.75, 3.05) is 0 Å². The Kier molecular flexibility index (Phi) is 5.58. The molecule has 2 heterocycles. The van der Waals surface area contributed by atoms with Crippen molar-refractivity contribution in [3.8, 4) is 11.4 Å². The van der Waals surface area contributed by atoms with Crippen molar-refractivity contribution in [2.24, 2.45) is 0 Å². The lowest BCUT2D eigenvalue weighted by Gasteiger charge is -2.14. The van der Waals surface area contributed by atoms with Gasteiger partial charge in [0.1, 0.15) is 0 Å². The van der Waals surface area contributed by atoms with Crippen LogP contribution in [0, 0.1) is 11.7 Å². The quantitative estimate of drug-likeness (QED) is 0.653. The Morgan fingerprint density at radius 1 is 1.35 bits per heavy atom. The van der Waals surface area contributed by atoms with Gasteiger partial charge in [-0.1, -0.05) is 29.8 Å². The molecule has 0 spiro atoms. The first-order valence-corrected chi connectivity index (χ1v) is 8.87. The minimum Gasteiger partial charge on any atom is -0.349 e. The molecule has 3 rings (SSSR count). The molecule has 1 unspecified atom stereocenters. The highest BCUT2D eigenvalue weighted by Crippen LogP contribution is 2.19. The lowest BCUT2D eigenvalue weighted by atomic mass is 10.1. The van der Waals surface area contributed by atoms with Gasteiger partial charge in [-0.2, -0.15) is 5.10 Å². The van der Waals surface area contributed by atoms with Gasteiger partial charge in [0.05, 0.1) is 6.04 Å². The molecule has 0 saturated carbocycles. The second-order valence-electron chi connectivity index (χ2n) is 6.20. The van der Waals surface area contributed by atoms with Crippen molar-refractivity contribution < 1.29 is 4.79 Å². The number of rotatable bonds is 6. The summed E-state index contributed by atoms with van der Waals surface area (Å²) < 4.78 is 2.37. The summed E-state index contributed by atoms with van der Waals surface area (Å²) >= 11 is 5.33. The average Bonchev–Trinajstić information content (AvgIpc) is 3.01. The zero-order valence-corrected chi connectivity index (χ0v) is 15.6. The Morgan fingerprint density at radius 3 is 2.92 bits per heavy atom. The number of amides is 1. The number of nitrogens with one attached hydrogen (secondary N) is 2. The highest BCUT2D eigenvalue weighted by Gasteiger charge is 2.13. The van der Waals surface area contributed by atoms with Crippen LogP contribution in [0.25, 0.3) is 11.4 Å². The number of aryl methyl sites for hydroxylation is 1. The number of hydrogen-bond acceptors (Lipinski definition) is 4. The normalized spacial score (nSPS) is 11.9. The van der Waals surface area contributed by atoms with E-state index in [1.54, 1.807) is 12.4 Å². The fraction of sp³-hybridized carbons (Fsp3) is 0.263. The third-order valence-electron chi connectivity index (χ3n) is 4.16. The van der Waals surface area contributed by atoms with Gasteiger partial charge in [0.15, 0.2) is 10.6 Å². The first-order chi connectivity index (χ1) is 12.5. The molecule has 134 valence electrons. The summed E-state index contributed by atoms with van der Waals surface area (Å²) in [5, 5.41) is 10.1. The van der Waals surface area contributed by atoms with Gasteiger partial charge in [0.2, 0.25) is 5.91 Å². The van der Waals surface area contributed by atoms with Gasteiger partial charge in [-0.25, -0.2) is 0 Å². The molecule has 0 radical (unpaired) electrons. The molecular formula is C19H21N5OS. The third-order valence-corrected chi connectivity index (χ3v) is 4.47. The van der Waals surface area contributed by atoms with Gasteiger partial charge in [-0.15, -0.1) is 0 Å². The zero-order chi connectivity index (χ0) is 18.5. The topological polar surface area (TPSA) is 75.6 Å². The summed E-state index contributed by atoms with van der Waals surface area (Å²) in [5.74, 6) is 0.700. The molecule has 3 aromatic rings. The molecule has 2 N–H and O–H groups in total. The fourth-order valence-corrected chi connectivity index (χ4v) is 3.00. The maximum atomic E-state index is 12.3. The number of hydrogen-bond donors (Lipinski definition) is 2. The number of carbonyl (C=O) groups is 1. The van der Waals surface area contributed by atoms with Crippen LogP contribution in [0.5, 0.6) is 0 Å². The number of aromatic amines is 1. The van der Waals surface area contributed by atoms with Crippen LogP contribution in [-0.2, 0) is 11.3 Å². The largest absolute Gasteiger partial charge is 0.349 e. The number of benzene rings is 1. The van der Waals surface area contributed by atoms with Crippen LogP contribution >= 0.6 is 12.2 Å². The molecule has 0 fully saturated rings. The van der Waals surface area contributed by atoms with Crippen LogP contribution in [0.15, 0.2) is 48.8 Å². The van der Waals surface area contributed by atoms with E-state index in [0.29, 0.717) is 17.7 Å². The Morgan fingerprint density at radius 2 is 2.19 bits per heavy atom. The summed E-state index contributed by atoms with van der Waals surface area (Å²) in [6.07, 6.45) is 3.79. The predicted octanol–water partition coefficient (Wildman–Crippen LogP) is 3.58. The van der Waals surface area contributed by atoms with Crippen LogP contribution in [0.3, 0.4) is 0 Å². The highest BCUT2D eigenvalue weighted by atomic mass is 32.1. The number of nitrogens with zero attached hydrogens (tertiary/aromatic N) is 3. The summed E-state index contributed by atoms with van der Waals surface area (Å²) in [6, 6.07) is 11.8. The number of H-pyrrole nitrogens is 1. The van der Waals surface area contributed by atoms with E-state index in [-0.39, 0.29) is 11.9 Å². The average molecular weight is 367 g/mol. The first-order valence-electron chi connectivity index (χ1n) is 8.46. The molecule has 0 bridgehead atoms. The zero-order valence-electron chi connectivity index (χ0n) is 14.8. The maximum Gasteiger partial charge on any atom is 0.222 e. The molecule has 1 atom stereocenters.